The largest absolute Gasteiger partial charge is 0.366 e. The predicted molar refractivity (Wildman–Crippen MR) is 100 cm³/mol. The Bertz CT molecular complexity index is 917. The van der Waals surface area contributed by atoms with Crippen molar-refractivity contribution in [2.45, 2.75) is 6.54 Å². The lowest BCUT2D eigenvalue weighted by Crippen LogP contribution is -2.04. The van der Waals surface area contributed by atoms with Crippen molar-refractivity contribution in [2.24, 2.45) is 0 Å². The van der Waals surface area contributed by atoms with E-state index >= 15 is 0 Å². The van der Waals surface area contributed by atoms with Gasteiger partial charge in [-0.2, -0.15) is 0 Å². The van der Waals surface area contributed by atoms with Gasteiger partial charge in [0.2, 0.25) is 0 Å². The Labute approximate surface area is 151 Å². The van der Waals surface area contributed by atoms with Crippen LogP contribution in [0, 0.1) is 0 Å². The fourth-order valence-electron chi connectivity index (χ4n) is 2.50. The average molecular weight is 340 g/mol. The molecule has 4 heterocycles. The molecule has 0 bridgehead atoms. The van der Waals surface area contributed by atoms with Crippen molar-refractivity contribution >= 4 is 5.82 Å². The van der Waals surface area contributed by atoms with Crippen LogP contribution in [0.3, 0.4) is 0 Å². The summed E-state index contributed by atoms with van der Waals surface area (Å²) in [6.07, 6.45) is 8.79. The number of nitrogens with zero attached hydrogens (tertiary/aromatic N) is 5. The lowest BCUT2D eigenvalue weighted by atomic mass is 10.2. The second kappa shape index (κ2) is 7.48. The fourth-order valence-corrected chi connectivity index (χ4v) is 2.50. The van der Waals surface area contributed by atoms with Crippen molar-refractivity contribution in [3.05, 3.63) is 85.1 Å². The topological polar surface area (TPSA) is 76.5 Å². The Kier molecular flexibility index (Phi) is 4.56. The minimum Gasteiger partial charge on any atom is -0.366 e. The number of hydrogen-bond donors (Lipinski definition) is 1. The van der Waals surface area contributed by atoms with E-state index in [1.165, 1.54) is 0 Å². The third-order valence-corrected chi connectivity index (χ3v) is 3.80. The SMILES string of the molecule is c1ccc(-c2cc(NCc3ccncc3)nc(-c3cccnc3)n2)nc1. The molecule has 0 unspecified atom stereocenters. The van der Waals surface area contributed by atoms with E-state index in [1.54, 1.807) is 31.0 Å². The number of hydrogen-bond acceptors (Lipinski definition) is 6. The van der Waals surface area contributed by atoms with Crippen LogP contribution < -0.4 is 5.32 Å². The summed E-state index contributed by atoms with van der Waals surface area (Å²) in [4.78, 5) is 21.9. The number of pyridine rings is 3. The van der Waals surface area contributed by atoms with Gasteiger partial charge < -0.3 is 5.32 Å². The monoisotopic (exact) mass is 340 g/mol. The first-order chi connectivity index (χ1) is 12.9. The first-order valence-electron chi connectivity index (χ1n) is 8.22. The molecule has 0 atom stereocenters. The Hall–Kier alpha value is -3.67. The molecule has 6 heteroatoms. The van der Waals surface area contributed by atoms with Crippen LogP contribution in [-0.4, -0.2) is 24.9 Å². The van der Waals surface area contributed by atoms with E-state index in [0.717, 1.165) is 28.3 Å². The third-order valence-electron chi connectivity index (χ3n) is 3.80. The molecular weight excluding hydrogens is 324 g/mol. The van der Waals surface area contributed by atoms with Gasteiger partial charge in [0.05, 0.1) is 11.4 Å². The van der Waals surface area contributed by atoms with Gasteiger partial charge in [-0.3, -0.25) is 15.0 Å². The molecule has 0 aliphatic rings. The zero-order valence-corrected chi connectivity index (χ0v) is 13.9. The van der Waals surface area contributed by atoms with Gasteiger partial charge in [0, 0.05) is 49.2 Å². The maximum atomic E-state index is 4.67. The van der Waals surface area contributed by atoms with Crippen molar-refractivity contribution in [1.29, 1.82) is 0 Å². The Morgan fingerprint density at radius 1 is 0.769 bits per heavy atom. The molecule has 0 radical (unpaired) electrons. The van der Waals surface area contributed by atoms with Gasteiger partial charge in [-0.25, -0.2) is 9.97 Å². The normalized spacial score (nSPS) is 10.5. The highest BCUT2D eigenvalue weighted by Crippen LogP contribution is 2.23. The van der Waals surface area contributed by atoms with Crippen molar-refractivity contribution < 1.29 is 0 Å². The summed E-state index contributed by atoms with van der Waals surface area (Å²) in [6.45, 7) is 0.646. The first-order valence-corrected chi connectivity index (χ1v) is 8.22. The van der Waals surface area contributed by atoms with Gasteiger partial charge in [-0.15, -0.1) is 0 Å². The standard InChI is InChI=1S/C20H16N6/c1-2-9-23-17(5-1)18-12-19(24-13-15-6-10-21-11-7-15)26-20(25-18)16-4-3-8-22-14-16/h1-12,14H,13H2,(H,24,25,26). The molecule has 0 aliphatic heterocycles. The minimum atomic E-state index is 0.610. The second-order valence-corrected chi connectivity index (χ2v) is 5.63. The molecule has 0 aromatic carbocycles. The fraction of sp³-hybridized carbons (Fsp3) is 0.0500. The van der Waals surface area contributed by atoms with Gasteiger partial charge >= 0.3 is 0 Å². The van der Waals surface area contributed by atoms with Gasteiger partial charge in [-0.1, -0.05) is 6.07 Å². The van der Waals surface area contributed by atoms with Crippen LogP contribution in [0.2, 0.25) is 0 Å². The van der Waals surface area contributed by atoms with Crippen LogP contribution in [0.25, 0.3) is 22.8 Å². The van der Waals surface area contributed by atoms with Crippen LogP contribution in [0.5, 0.6) is 0 Å². The highest BCUT2D eigenvalue weighted by molar-refractivity contribution is 5.64. The van der Waals surface area contributed by atoms with E-state index in [1.807, 2.05) is 48.5 Å². The maximum absolute atomic E-state index is 4.67. The third kappa shape index (κ3) is 3.70. The second-order valence-electron chi connectivity index (χ2n) is 5.63. The predicted octanol–water partition coefficient (Wildman–Crippen LogP) is 3.61. The number of rotatable bonds is 5. The average Bonchev–Trinajstić information content (AvgIpc) is 2.74. The molecular formula is C20H16N6. The molecule has 4 aromatic heterocycles. The maximum Gasteiger partial charge on any atom is 0.163 e. The van der Waals surface area contributed by atoms with E-state index in [0.29, 0.717) is 12.4 Å². The lowest BCUT2D eigenvalue weighted by molar-refractivity contribution is 1.07. The quantitative estimate of drug-likeness (QED) is 0.598. The van der Waals surface area contributed by atoms with E-state index in [-0.39, 0.29) is 0 Å². The zero-order valence-electron chi connectivity index (χ0n) is 13.9. The minimum absolute atomic E-state index is 0.610. The molecule has 4 rings (SSSR count). The van der Waals surface area contributed by atoms with Crippen molar-refractivity contribution in [2.75, 3.05) is 5.32 Å². The summed E-state index contributed by atoms with van der Waals surface area (Å²) in [7, 11) is 0. The molecule has 1 N–H and O–H groups in total. The Balaban J connectivity index is 1.70. The van der Waals surface area contributed by atoms with Gasteiger partial charge in [0.15, 0.2) is 5.82 Å². The highest BCUT2D eigenvalue weighted by atomic mass is 15.0. The van der Waals surface area contributed by atoms with Crippen LogP contribution >= 0.6 is 0 Å². The molecule has 0 aliphatic carbocycles. The van der Waals surface area contributed by atoms with Crippen molar-refractivity contribution in [1.82, 2.24) is 24.9 Å². The summed E-state index contributed by atoms with van der Waals surface area (Å²) in [5, 5.41) is 3.35. The van der Waals surface area contributed by atoms with Crippen molar-refractivity contribution in [3.63, 3.8) is 0 Å². The Morgan fingerprint density at radius 3 is 2.46 bits per heavy atom. The van der Waals surface area contributed by atoms with E-state index < -0.39 is 0 Å². The zero-order chi connectivity index (χ0) is 17.6. The first kappa shape index (κ1) is 15.8. The van der Waals surface area contributed by atoms with E-state index in [4.69, 9.17) is 0 Å². The van der Waals surface area contributed by atoms with Crippen LogP contribution in [0.15, 0.2) is 79.5 Å². The highest BCUT2D eigenvalue weighted by Gasteiger charge is 2.09. The molecule has 26 heavy (non-hydrogen) atoms. The Morgan fingerprint density at radius 2 is 1.69 bits per heavy atom. The summed E-state index contributed by atoms with van der Waals surface area (Å²) < 4.78 is 0. The van der Waals surface area contributed by atoms with Crippen LogP contribution in [0.4, 0.5) is 5.82 Å². The summed E-state index contributed by atoms with van der Waals surface area (Å²) in [6, 6.07) is 15.4. The molecule has 0 fully saturated rings. The summed E-state index contributed by atoms with van der Waals surface area (Å²) in [5.41, 5.74) is 3.54. The van der Waals surface area contributed by atoms with E-state index in [9.17, 15) is 0 Å². The molecule has 0 saturated heterocycles. The molecule has 6 nitrogen and oxygen atoms in total. The van der Waals surface area contributed by atoms with E-state index in [2.05, 4.69) is 30.2 Å². The van der Waals surface area contributed by atoms with Gasteiger partial charge in [0.25, 0.3) is 0 Å². The smallest absolute Gasteiger partial charge is 0.163 e. The number of aromatic nitrogens is 5. The van der Waals surface area contributed by atoms with Crippen LogP contribution in [0.1, 0.15) is 5.56 Å². The van der Waals surface area contributed by atoms with Crippen LogP contribution in [-0.2, 0) is 6.54 Å². The summed E-state index contributed by atoms with van der Waals surface area (Å²) >= 11 is 0. The molecule has 0 saturated carbocycles. The number of nitrogens with one attached hydrogen (secondary N) is 1. The summed E-state index contributed by atoms with van der Waals surface area (Å²) in [5.74, 6) is 1.34. The van der Waals surface area contributed by atoms with Gasteiger partial charge in [0.1, 0.15) is 5.82 Å². The lowest BCUT2D eigenvalue weighted by Gasteiger charge is -2.10. The number of anilines is 1. The van der Waals surface area contributed by atoms with Crippen molar-refractivity contribution in [3.8, 4) is 22.8 Å². The van der Waals surface area contributed by atoms with Gasteiger partial charge in [-0.05, 0) is 42.0 Å². The molecule has 0 spiro atoms. The molecule has 4 aromatic rings. The molecule has 126 valence electrons. The molecule has 0 amide bonds.